The van der Waals surface area contributed by atoms with Crippen molar-refractivity contribution in [1.29, 1.82) is 0 Å². The Hall–Kier alpha value is -0.380. The maximum atomic E-state index is 12.6. The molecule has 11 heavy (non-hydrogen) atoms. The fourth-order valence-electron chi connectivity index (χ4n) is 0.601. The minimum absolute atomic E-state index is 0. The fraction of sp³-hybridized carbons (Fsp3) is 0.167. The molecule has 0 unspecified atom stereocenters. The maximum Gasteiger partial charge on any atom is 0.146 e. The van der Waals surface area contributed by atoms with E-state index in [1.54, 1.807) is 0 Å². The summed E-state index contributed by atoms with van der Waals surface area (Å²) in [6, 6.07) is 2.63. The molecule has 0 saturated carbocycles. The molecule has 0 fully saturated rings. The average molecular weight is 197 g/mol. The van der Waals surface area contributed by atoms with Crippen molar-refractivity contribution in [3.8, 4) is 0 Å². The van der Waals surface area contributed by atoms with E-state index in [-0.39, 0.29) is 29.8 Å². The molecular formula is C6H7Cl2FN2. The van der Waals surface area contributed by atoms with Gasteiger partial charge in [0.05, 0.1) is 5.69 Å². The Morgan fingerprint density at radius 3 is 2.64 bits per heavy atom. The first-order valence-corrected chi connectivity index (χ1v) is 3.13. The van der Waals surface area contributed by atoms with Crippen molar-refractivity contribution in [3.05, 3.63) is 28.8 Å². The van der Waals surface area contributed by atoms with Crippen LogP contribution in [0.1, 0.15) is 5.69 Å². The van der Waals surface area contributed by atoms with Gasteiger partial charge in [-0.05, 0) is 12.1 Å². The molecule has 0 spiro atoms. The highest BCUT2D eigenvalue weighted by Crippen LogP contribution is 2.08. The SMILES string of the molecule is Cl.NCc1nc(Cl)ccc1F. The van der Waals surface area contributed by atoms with Gasteiger partial charge in [0.2, 0.25) is 0 Å². The molecule has 0 aliphatic carbocycles. The summed E-state index contributed by atoms with van der Waals surface area (Å²) < 4.78 is 12.6. The zero-order valence-electron chi connectivity index (χ0n) is 5.55. The molecule has 1 aromatic rings. The summed E-state index contributed by atoms with van der Waals surface area (Å²) in [7, 11) is 0. The van der Waals surface area contributed by atoms with Crippen LogP contribution in [0.3, 0.4) is 0 Å². The Kier molecular flexibility index (Phi) is 4.33. The summed E-state index contributed by atoms with van der Waals surface area (Å²) in [5, 5.41) is 0.266. The molecule has 1 rings (SSSR count). The smallest absolute Gasteiger partial charge is 0.146 e. The van der Waals surface area contributed by atoms with Crippen molar-refractivity contribution in [3.63, 3.8) is 0 Å². The second kappa shape index (κ2) is 4.49. The predicted octanol–water partition coefficient (Wildman–Crippen LogP) is 1.75. The summed E-state index contributed by atoms with van der Waals surface area (Å²) in [6.45, 7) is 0.0758. The molecule has 0 saturated heterocycles. The fourth-order valence-corrected chi connectivity index (χ4v) is 0.766. The normalized spacial score (nSPS) is 9.00. The first-order chi connectivity index (χ1) is 4.74. The lowest BCUT2D eigenvalue weighted by atomic mass is 10.3. The Labute approximate surface area is 75.0 Å². The van der Waals surface area contributed by atoms with Crippen molar-refractivity contribution < 1.29 is 4.39 Å². The van der Waals surface area contributed by atoms with Gasteiger partial charge in [0, 0.05) is 6.54 Å². The lowest BCUT2D eigenvalue weighted by molar-refractivity contribution is 0.600. The highest BCUT2D eigenvalue weighted by Gasteiger charge is 2.00. The van der Waals surface area contributed by atoms with Gasteiger partial charge in [-0.1, -0.05) is 11.6 Å². The van der Waals surface area contributed by atoms with E-state index in [2.05, 4.69) is 4.98 Å². The molecule has 0 aliphatic heterocycles. The maximum absolute atomic E-state index is 12.6. The van der Waals surface area contributed by atoms with Gasteiger partial charge in [-0.25, -0.2) is 9.37 Å². The number of halogens is 3. The quantitative estimate of drug-likeness (QED) is 0.696. The third-order valence-electron chi connectivity index (χ3n) is 1.08. The van der Waals surface area contributed by atoms with Crippen molar-refractivity contribution in [1.82, 2.24) is 4.98 Å². The summed E-state index contributed by atoms with van der Waals surface area (Å²) in [4.78, 5) is 3.66. The molecule has 2 N–H and O–H groups in total. The lowest BCUT2D eigenvalue weighted by Gasteiger charge is -1.96. The van der Waals surface area contributed by atoms with Crippen molar-refractivity contribution >= 4 is 24.0 Å². The monoisotopic (exact) mass is 196 g/mol. The van der Waals surface area contributed by atoms with Crippen LogP contribution >= 0.6 is 24.0 Å². The van der Waals surface area contributed by atoms with E-state index in [9.17, 15) is 4.39 Å². The molecule has 2 nitrogen and oxygen atoms in total. The molecular weight excluding hydrogens is 190 g/mol. The number of aromatic nitrogens is 1. The highest BCUT2D eigenvalue weighted by atomic mass is 35.5. The average Bonchev–Trinajstić information content (AvgIpc) is 1.94. The summed E-state index contributed by atoms with van der Waals surface area (Å²) in [5.41, 5.74) is 5.36. The van der Waals surface area contributed by atoms with E-state index in [0.717, 1.165) is 0 Å². The van der Waals surface area contributed by atoms with Crippen LogP contribution in [0.4, 0.5) is 4.39 Å². The Balaban J connectivity index is 0.000001000. The third kappa shape index (κ3) is 2.61. The van der Waals surface area contributed by atoms with E-state index < -0.39 is 5.82 Å². The van der Waals surface area contributed by atoms with Crippen molar-refractivity contribution in [2.45, 2.75) is 6.54 Å². The zero-order chi connectivity index (χ0) is 7.56. The predicted molar refractivity (Wildman–Crippen MR) is 44.3 cm³/mol. The first-order valence-electron chi connectivity index (χ1n) is 2.75. The number of nitrogens with two attached hydrogens (primary N) is 1. The van der Waals surface area contributed by atoms with E-state index in [1.165, 1.54) is 12.1 Å². The minimum atomic E-state index is -0.410. The van der Waals surface area contributed by atoms with Gasteiger partial charge < -0.3 is 5.73 Å². The summed E-state index contributed by atoms with van der Waals surface area (Å²) in [6.07, 6.45) is 0. The summed E-state index contributed by atoms with van der Waals surface area (Å²) in [5.74, 6) is -0.410. The zero-order valence-corrected chi connectivity index (χ0v) is 7.12. The van der Waals surface area contributed by atoms with Crippen LogP contribution in [0.5, 0.6) is 0 Å². The van der Waals surface area contributed by atoms with Gasteiger partial charge in [-0.15, -0.1) is 12.4 Å². The number of nitrogens with zero attached hydrogens (tertiary/aromatic N) is 1. The van der Waals surface area contributed by atoms with Crippen molar-refractivity contribution in [2.75, 3.05) is 0 Å². The van der Waals surface area contributed by atoms with Crippen LogP contribution in [-0.4, -0.2) is 4.98 Å². The molecule has 1 heterocycles. The molecule has 62 valence electrons. The van der Waals surface area contributed by atoms with Gasteiger partial charge in [0.15, 0.2) is 0 Å². The second-order valence-electron chi connectivity index (χ2n) is 1.77. The van der Waals surface area contributed by atoms with Crippen LogP contribution < -0.4 is 5.73 Å². The molecule has 5 heteroatoms. The number of hydrogen-bond acceptors (Lipinski definition) is 2. The lowest BCUT2D eigenvalue weighted by Crippen LogP contribution is -2.02. The third-order valence-corrected chi connectivity index (χ3v) is 1.29. The molecule has 1 aromatic heterocycles. The van der Waals surface area contributed by atoms with Crippen LogP contribution in [0.2, 0.25) is 5.15 Å². The van der Waals surface area contributed by atoms with E-state index in [1.807, 2.05) is 0 Å². The minimum Gasteiger partial charge on any atom is -0.325 e. The number of hydrogen-bond donors (Lipinski definition) is 1. The standard InChI is InChI=1S/C6H6ClFN2.ClH/c7-6-2-1-4(8)5(3-9)10-6;/h1-2H,3,9H2;1H. The van der Waals surface area contributed by atoms with Crippen LogP contribution in [-0.2, 0) is 6.54 Å². The van der Waals surface area contributed by atoms with Crippen molar-refractivity contribution in [2.24, 2.45) is 5.73 Å². The molecule has 0 atom stereocenters. The molecule has 0 bridgehead atoms. The second-order valence-corrected chi connectivity index (χ2v) is 2.15. The highest BCUT2D eigenvalue weighted by molar-refractivity contribution is 6.29. The number of pyridine rings is 1. The van der Waals surface area contributed by atoms with Crippen LogP contribution in [0.25, 0.3) is 0 Å². The summed E-state index contributed by atoms with van der Waals surface area (Å²) >= 11 is 5.46. The van der Waals surface area contributed by atoms with Gasteiger partial charge in [0.25, 0.3) is 0 Å². The first kappa shape index (κ1) is 10.6. The number of rotatable bonds is 1. The Morgan fingerprint density at radius 2 is 2.18 bits per heavy atom. The van der Waals surface area contributed by atoms with E-state index in [4.69, 9.17) is 17.3 Å². The molecule has 0 aromatic carbocycles. The van der Waals surface area contributed by atoms with Gasteiger partial charge in [-0.3, -0.25) is 0 Å². The van der Waals surface area contributed by atoms with Crippen LogP contribution in [0.15, 0.2) is 12.1 Å². The van der Waals surface area contributed by atoms with Gasteiger partial charge in [-0.2, -0.15) is 0 Å². The van der Waals surface area contributed by atoms with Gasteiger partial charge in [0.1, 0.15) is 11.0 Å². The Morgan fingerprint density at radius 1 is 1.55 bits per heavy atom. The van der Waals surface area contributed by atoms with E-state index in [0.29, 0.717) is 0 Å². The molecule has 0 radical (unpaired) electrons. The Bertz CT molecular complexity index is 242. The van der Waals surface area contributed by atoms with E-state index >= 15 is 0 Å². The van der Waals surface area contributed by atoms with Crippen LogP contribution in [0, 0.1) is 5.82 Å². The topological polar surface area (TPSA) is 38.9 Å². The molecule has 0 aliphatic rings. The molecule has 0 amide bonds. The largest absolute Gasteiger partial charge is 0.325 e. The van der Waals surface area contributed by atoms with Gasteiger partial charge >= 0.3 is 0 Å².